The lowest BCUT2D eigenvalue weighted by Gasteiger charge is -2.35. The fraction of sp³-hybridized carbons (Fsp3) is 0.300. The minimum atomic E-state index is -3.99. The van der Waals surface area contributed by atoms with Crippen molar-refractivity contribution in [2.24, 2.45) is 5.73 Å². The fourth-order valence-electron chi connectivity index (χ4n) is 3.09. The average molecular weight is 470 g/mol. The van der Waals surface area contributed by atoms with E-state index < -0.39 is 28.0 Å². The van der Waals surface area contributed by atoms with Crippen molar-refractivity contribution in [1.82, 2.24) is 4.31 Å². The Morgan fingerprint density at radius 1 is 1.10 bits per heavy atom. The van der Waals surface area contributed by atoms with Crippen LogP contribution in [0.1, 0.15) is 17.3 Å². The number of ether oxygens (including phenoxy) is 1. The summed E-state index contributed by atoms with van der Waals surface area (Å²) in [6.45, 7) is 2.49. The van der Waals surface area contributed by atoms with Crippen molar-refractivity contribution < 1.29 is 27.1 Å². The van der Waals surface area contributed by atoms with Gasteiger partial charge in [0.25, 0.3) is 5.91 Å². The fourth-order valence-corrected chi connectivity index (χ4v) is 5.01. The quantitative estimate of drug-likeness (QED) is 0.648. The predicted molar refractivity (Wildman–Crippen MR) is 113 cm³/mol. The third-order valence-corrected chi connectivity index (χ3v) is 7.28. The van der Waals surface area contributed by atoms with Crippen molar-refractivity contribution >= 4 is 39.2 Å². The molecule has 1 amide bonds. The number of amides is 1. The van der Waals surface area contributed by atoms with Crippen LogP contribution in [0.15, 0.2) is 47.4 Å². The molecule has 0 spiro atoms. The summed E-state index contributed by atoms with van der Waals surface area (Å²) in [5, 5.41) is -0.0412. The Hall–Kier alpha value is -2.69. The molecular weight excluding hydrogens is 449 g/mol. The molecule has 1 unspecified atom stereocenters. The zero-order valence-corrected chi connectivity index (χ0v) is 18.2. The van der Waals surface area contributed by atoms with Gasteiger partial charge in [-0.05, 0) is 49.4 Å². The zero-order valence-electron chi connectivity index (χ0n) is 16.6. The molecule has 31 heavy (non-hydrogen) atoms. The van der Waals surface area contributed by atoms with Crippen LogP contribution >= 0.6 is 11.6 Å². The largest absolute Gasteiger partial charge is 0.449 e. The van der Waals surface area contributed by atoms with Crippen molar-refractivity contribution in [2.75, 3.05) is 31.1 Å². The van der Waals surface area contributed by atoms with E-state index in [1.165, 1.54) is 35.5 Å². The van der Waals surface area contributed by atoms with Gasteiger partial charge < -0.3 is 15.4 Å². The maximum atomic E-state index is 13.1. The monoisotopic (exact) mass is 469 g/mol. The summed E-state index contributed by atoms with van der Waals surface area (Å²) in [4.78, 5) is 25.1. The highest BCUT2D eigenvalue weighted by Crippen LogP contribution is 2.28. The average Bonchev–Trinajstić information content (AvgIpc) is 2.74. The van der Waals surface area contributed by atoms with Gasteiger partial charge in [0.15, 0.2) is 6.10 Å². The van der Waals surface area contributed by atoms with E-state index in [1.807, 2.05) is 4.90 Å². The molecule has 2 aromatic carbocycles. The van der Waals surface area contributed by atoms with Crippen LogP contribution in [0.3, 0.4) is 0 Å². The molecule has 0 saturated carbocycles. The number of sulfonamides is 1. The lowest BCUT2D eigenvalue weighted by molar-refractivity contribution is -0.125. The van der Waals surface area contributed by atoms with Gasteiger partial charge in [0, 0.05) is 31.9 Å². The number of halogens is 2. The van der Waals surface area contributed by atoms with Gasteiger partial charge in [-0.15, -0.1) is 0 Å². The Kier molecular flexibility index (Phi) is 6.83. The number of hydrogen-bond acceptors (Lipinski definition) is 6. The first-order chi connectivity index (χ1) is 14.6. The number of carbonyl (C=O) groups excluding carboxylic acids is 2. The topological polar surface area (TPSA) is 110 Å². The van der Waals surface area contributed by atoms with E-state index in [4.69, 9.17) is 22.1 Å². The molecule has 0 aliphatic carbocycles. The number of anilines is 1. The first-order valence-corrected chi connectivity index (χ1v) is 11.2. The Morgan fingerprint density at radius 2 is 1.71 bits per heavy atom. The van der Waals surface area contributed by atoms with Crippen molar-refractivity contribution in [2.45, 2.75) is 17.9 Å². The highest BCUT2D eigenvalue weighted by atomic mass is 35.5. The van der Waals surface area contributed by atoms with Gasteiger partial charge in [-0.1, -0.05) is 11.6 Å². The second-order valence-electron chi connectivity index (χ2n) is 6.96. The van der Waals surface area contributed by atoms with Gasteiger partial charge in [0.1, 0.15) is 10.7 Å². The second-order valence-corrected chi connectivity index (χ2v) is 9.28. The standard InChI is InChI=1S/C20H21ClFN3O5S/c1-13(19(23)26)30-20(27)14-2-7-17(21)18(12-14)31(28,29)25-10-8-24(9-11-25)16-5-3-15(22)4-6-16/h2-7,12-13H,8-11H2,1H3,(H2,23,26). The maximum Gasteiger partial charge on any atom is 0.338 e. The van der Waals surface area contributed by atoms with Crippen molar-refractivity contribution in [3.63, 3.8) is 0 Å². The minimum Gasteiger partial charge on any atom is -0.449 e. The van der Waals surface area contributed by atoms with Gasteiger partial charge in [0.05, 0.1) is 10.6 Å². The summed E-state index contributed by atoms with van der Waals surface area (Å²) >= 11 is 6.12. The van der Waals surface area contributed by atoms with Crippen molar-refractivity contribution in [3.8, 4) is 0 Å². The molecule has 0 bridgehead atoms. The highest BCUT2D eigenvalue weighted by molar-refractivity contribution is 7.89. The van der Waals surface area contributed by atoms with E-state index in [-0.39, 0.29) is 34.4 Å². The third kappa shape index (κ3) is 5.15. The van der Waals surface area contributed by atoms with Gasteiger partial charge in [-0.3, -0.25) is 4.79 Å². The number of piperazine rings is 1. The molecule has 1 saturated heterocycles. The molecule has 3 rings (SSSR count). The molecule has 2 aromatic rings. The predicted octanol–water partition coefficient (Wildman–Crippen LogP) is 2.02. The highest BCUT2D eigenvalue weighted by Gasteiger charge is 2.31. The zero-order chi connectivity index (χ0) is 22.8. The molecule has 1 aliphatic heterocycles. The van der Waals surface area contributed by atoms with Crippen LogP contribution in [0.2, 0.25) is 5.02 Å². The summed E-state index contributed by atoms with van der Waals surface area (Å²) in [5.41, 5.74) is 5.81. The molecule has 1 aliphatic rings. The summed E-state index contributed by atoms with van der Waals surface area (Å²) in [6, 6.07) is 9.69. The molecule has 1 heterocycles. The molecular formula is C20H21ClFN3O5S. The summed E-state index contributed by atoms with van der Waals surface area (Å²) in [6.07, 6.45) is -1.16. The first kappa shape index (κ1) is 23.0. The van der Waals surface area contributed by atoms with Crippen LogP contribution in [0.4, 0.5) is 10.1 Å². The van der Waals surface area contributed by atoms with Crippen LogP contribution in [-0.4, -0.2) is 56.9 Å². The number of nitrogens with zero attached hydrogens (tertiary/aromatic N) is 2. The number of benzene rings is 2. The number of carbonyl (C=O) groups is 2. The molecule has 1 fully saturated rings. The van der Waals surface area contributed by atoms with Gasteiger partial charge in [0.2, 0.25) is 10.0 Å². The number of hydrogen-bond donors (Lipinski definition) is 1. The number of rotatable bonds is 6. The minimum absolute atomic E-state index is 0.0412. The smallest absolute Gasteiger partial charge is 0.338 e. The lowest BCUT2D eigenvalue weighted by Crippen LogP contribution is -2.48. The van der Waals surface area contributed by atoms with E-state index in [0.29, 0.717) is 13.1 Å². The molecule has 0 aromatic heterocycles. The molecule has 11 heteroatoms. The van der Waals surface area contributed by atoms with E-state index in [2.05, 4.69) is 0 Å². The van der Waals surface area contributed by atoms with Gasteiger partial charge in [-0.2, -0.15) is 4.31 Å². The number of primary amides is 1. The molecule has 8 nitrogen and oxygen atoms in total. The van der Waals surface area contributed by atoms with Crippen molar-refractivity contribution in [1.29, 1.82) is 0 Å². The third-order valence-electron chi connectivity index (χ3n) is 4.90. The van der Waals surface area contributed by atoms with Crippen LogP contribution in [0.25, 0.3) is 0 Å². The Labute approximate surface area is 184 Å². The van der Waals surface area contributed by atoms with Crippen LogP contribution < -0.4 is 10.6 Å². The lowest BCUT2D eigenvalue weighted by atomic mass is 10.2. The van der Waals surface area contributed by atoms with Crippen LogP contribution in [0, 0.1) is 5.82 Å². The van der Waals surface area contributed by atoms with E-state index in [1.54, 1.807) is 12.1 Å². The van der Waals surface area contributed by atoms with Crippen LogP contribution in [-0.2, 0) is 19.6 Å². The van der Waals surface area contributed by atoms with E-state index in [0.717, 1.165) is 11.8 Å². The molecule has 0 radical (unpaired) electrons. The Balaban J connectivity index is 1.76. The maximum absolute atomic E-state index is 13.1. The Bertz CT molecular complexity index is 1090. The van der Waals surface area contributed by atoms with Crippen LogP contribution in [0.5, 0.6) is 0 Å². The summed E-state index contributed by atoms with van der Waals surface area (Å²) < 4.78 is 45.6. The normalized spacial score (nSPS) is 16.0. The first-order valence-electron chi connectivity index (χ1n) is 9.40. The summed E-state index contributed by atoms with van der Waals surface area (Å²) in [7, 11) is -3.99. The molecule has 2 N–H and O–H groups in total. The summed E-state index contributed by atoms with van der Waals surface area (Å²) in [5.74, 6) is -2.06. The SMILES string of the molecule is CC(OC(=O)c1ccc(Cl)c(S(=O)(=O)N2CCN(c3ccc(F)cc3)CC2)c1)C(N)=O. The Morgan fingerprint density at radius 3 is 2.29 bits per heavy atom. The van der Waals surface area contributed by atoms with E-state index in [9.17, 15) is 22.4 Å². The van der Waals surface area contributed by atoms with Gasteiger partial charge >= 0.3 is 5.97 Å². The molecule has 1 atom stereocenters. The van der Waals surface area contributed by atoms with Gasteiger partial charge in [-0.25, -0.2) is 17.6 Å². The second kappa shape index (κ2) is 9.21. The molecule has 166 valence electrons. The number of nitrogens with two attached hydrogens (primary N) is 1. The van der Waals surface area contributed by atoms with E-state index >= 15 is 0 Å². The number of esters is 1. The van der Waals surface area contributed by atoms with Crippen molar-refractivity contribution in [3.05, 3.63) is 58.9 Å².